The van der Waals surface area contributed by atoms with E-state index in [9.17, 15) is 4.79 Å². The largest absolute Gasteiger partial charge is 0.354 e. The molecule has 0 aliphatic heterocycles. The van der Waals surface area contributed by atoms with Crippen LogP contribution in [0.3, 0.4) is 0 Å². The molecule has 0 fully saturated rings. The third kappa shape index (κ3) is 1.91. The van der Waals surface area contributed by atoms with Crippen LogP contribution in [0.1, 0.15) is 16.1 Å². The second-order valence-corrected chi connectivity index (χ2v) is 4.43. The summed E-state index contributed by atoms with van der Waals surface area (Å²) in [4.78, 5) is 11.6. The average Bonchev–Trinajstić information content (AvgIpc) is 2.90. The Hall–Kier alpha value is -2.76. The average molecular weight is 267 g/mol. The van der Waals surface area contributed by atoms with Crippen molar-refractivity contribution in [2.45, 2.75) is 6.92 Å². The minimum Gasteiger partial charge on any atom is -0.354 e. The Labute approximate surface area is 115 Å². The summed E-state index contributed by atoms with van der Waals surface area (Å²) in [6.07, 6.45) is 1.78. The molecule has 2 aromatic heterocycles. The van der Waals surface area contributed by atoms with Gasteiger partial charge in [-0.15, -0.1) is 10.2 Å². The van der Waals surface area contributed by atoms with Crippen LogP contribution in [0.2, 0.25) is 0 Å². The van der Waals surface area contributed by atoms with E-state index in [1.54, 1.807) is 24.0 Å². The lowest BCUT2D eigenvalue weighted by atomic mass is 10.2. The SMILES string of the molecule is CNC(=O)c1nnc(-n2ncc3ccccc32)cc1C. The van der Waals surface area contributed by atoms with Crippen molar-refractivity contribution >= 4 is 16.8 Å². The Kier molecular flexibility index (Phi) is 2.90. The fourth-order valence-corrected chi connectivity index (χ4v) is 2.07. The van der Waals surface area contributed by atoms with Crippen LogP contribution in [0, 0.1) is 6.92 Å². The first-order valence-electron chi connectivity index (χ1n) is 6.20. The van der Waals surface area contributed by atoms with Gasteiger partial charge in [-0.25, -0.2) is 4.68 Å². The van der Waals surface area contributed by atoms with Crippen molar-refractivity contribution in [2.24, 2.45) is 0 Å². The molecule has 3 aromatic rings. The molecule has 1 N–H and O–H groups in total. The Morgan fingerprint density at radius 3 is 2.80 bits per heavy atom. The third-order valence-electron chi connectivity index (χ3n) is 3.11. The highest BCUT2D eigenvalue weighted by molar-refractivity contribution is 5.93. The lowest BCUT2D eigenvalue weighted by molar-refractivity contribution is 0.0956. The second-order valence-electron chi connectivity index (χ2n) is 4.43. The molecule has 6 nitrogen and oxygen atoms in total. The van der Waals surface area contributed by atoms with Crippen molar-refractivity contribution in [1.82, 2.24) is 25.3 Å². The molecule has 0 unspecified atom stereocenters. The van der Waals surface area contributed by atoms with Gasteiger partial charge < -0.3 is 5.32 Å². The van der Waals surface area contributed by atoms with Gasteiger partial charge in [-0.1, -0.05) is 18.2 Å². The molecule has 0 radical (unpaired) electrons. The zero-order valence-corrected chi connectivity index (χ0v) is 11.2. The van der Waals surface area contributed by atoms with Gasteiger partial charge in [-0.2, -0.15) is 5.10 Å². The smallest absolute Gasteiger partial charge is 0.271 e. The molecule has 0 spiro atoms. The maximum atomic E-state index is 11.6. The van der Waals surface area contributed by atoms with E-state index in [1.165, 1.54) is 0 Å². The van der Waals surface area contributed by atoms with Crippen molar-refractivity contribution in [3.63, 3.8) is 0 Å². The zero-order chi connectivity index (χ0) is 14.1. The summed E-state index contributed by atoms with van der Waals surface area (Å²) in [5, 5.41) is 16.0. The van der Waals surface area contributed by atoms with Crippen LogP contribution in [0.5, 0.6) is 0 Å². The molecule has 3 rings (SSSR count). The molecule has 2 heterocycles. The first kappa shape index (κ1) is 12.3. The minimum atomic E-state index is -0.244. The van der Waals surface area contributed by atoms with Gasteiger partial charge in [0.15, 0.2) is 11.5 Å². The van der Waals surface area contributed by atoms with Crippen LogP contribution in [0.15, 0.2) is 36.5 Å². The van der Waals surface area contributed by atoms with E-state index in [1.807, 2.05) is 31.2 Å². The number of rotatable bonds is 2. The number of fused-ring (bicyclic) bond motifs is 1. The lowest BCUT2D eigenvalue weighted by Crippen LogP contribution is -2.21. The predicted molar refractivity (Wildman–Crippen MR) is 74.8 cm³/mol. The van der Waals surface area contributed by atoms with Crippen molar-refractivity contribution in [3.8, 4) is 5.82 Å². The Morgan fingerprint density at radius 2 is 2.05 bits per heavy atom. The summed E-state index contributed by atoms with van der Waals surface area (Å²) in [5.74, 6) is 0.350. The molecule has 1 amide bonds. The van der Waals surface area contributed by atoms with Crippen LogP contribution < -0.4 is 5.32 Å². The van der Waals surface area contributed by atoms with E-state index in [2.05, 4.69) is 20.6 Å². The fraction of sp³-hybridized carbons (Fsp3) is 0.143. The molecular formula is C14H13N5O. The van der Waals surface area contributed by atoms with E-state index in [0.29, 0.717) is 11.5 Å². The van der Waals surface area contributed by atoms with E-state index in [-0.39, 0.29) is 5.91 Å². The second kappa shape index (κ2) is 4.73. The topological polar surface area (TPSA) is 72.7 Å². The maximum Gasteiger partial charge on any atom is 0.271 e. The third-order valence-corrected chi connectivity index (χ3v) is 3.11. The highest BCUT2D eigenvalue weighted by Gasteiger charge is 2.13. The van der Waals surface area contributed by atoms with Crippen molar-refractivity contribution < 1.29 is 4.79 Å². The summed E-state index contributed by atoms with van der Waals surface area (Å²) in [6, 6.07) is 9.65. The van der Waals surface area contributed by atoms with Gasteiger partial charge in [0.2, 0.25) is 0 Å². The van der Waals surface area contributed by atoms with Gasteiger partial charge in [0.05, 0.1) is 11.7 Å². The predicted octanol–water partition coefficient (Wildman–Crippen LogP) is 1.48. The summed E-state index contributed by atoms with van der Waals surface area (Å²) < 4.78 is 1.71. The number of aryl methyl sites for hydroxylation is 1. The molecule has 6 heteroatoms. The molecule has 0 saturated carbocycles. The summed E-state index contributed by atoms with van der Waals surface area (Å²) in [6.45, 7) is 1.83. The van der Waals surface area contributed by atoms with Crippen LogP contribution in [-0.2, 0) is 0 Å². The standard InChI is InChI=1S/C14H13N5O/c1-9-7-12(17-18-13(9)14(20)15-2)19-11-6-4-3-5-10(11)8-16-19/h3-8H,1-2H3,(H,15,20). The quantitative estimate of drug-likeness (QED) is 0.763. The minimum absolute atomic E-state index is 0.244. The number of benzene rings is 1. The number of aromatic nitrogens is 4. The summed E-state index contributed by atoms with van der Waals surface area (Å²) >= 11 is 0. The van der Waals surface area contributed by atoms with Gasteiger partial charge >= 0.3 is 0 Å². The number of nitrogens with one attached hydrogen (secondary N) is 1. The Morgan fingerprint density at radius 1 is 1.25 bits per heavy atom. The molecule has 1 aromatic carbocycles. The first-order valence-corrected chi connectivity index (χ1v) is 6.20. The van der Waals surface area contributed by atoms with Crippen LogP contribution in [0.25, 0.3) is 16.7 Å². The lowest BCUT2D eigenvalue weighted by Gasteiger charge is -2.06. The molecule has 100 valence electrons. The molecule has 0 saturated heterocycles. The van der Waals surface area contributed by atoms with Gasteiger partial charge in [0.1, 0.15) is 0 Å². The molecule has 20 heavy (non-hydrogen) atoms. The number of carbonyl (C=O) groups excluding carboxylic acids is 1. The van der Waals surface area contributed by atoms with Crippen molar-refractivity contribution in [3.05, 3.63) is 47.8 Å². The number of nitrogens with zero attached hydrogens (tertiary/aromatic N) is 4. The highest BCUT2D eigenvalue weighted by atomic mass is 16.1. The van der Waals surface area contributed by atoms with E-state index >= 15 is 0 Å². The molecule has 0 bridgehead atoms. The van der Waals surface area contributed by atoms with E-state index < -0.39 is 0 Å². The highest BCUT2D eigenvalue weighted by Crippen LogP contribution is 2.17. The van der Waals surface area contributed by atoms with Crippen molar-refractivity contribution in [1.29, 1.82) is 0 Å². The normalized spacial score (nSPS) is 10.7. The monoisotopic (exact) mass is 267 g/mol. The summed E-state index contributed by atoms with van der Waals surface area (Å²) in [7, 11) is 1.57. The van der Waals surface area contributed by atoms with Crippen LogP contribution in [-0.4, -0.2) is 32.9 Å². The number of amides is 1. The Balaban J connectivity index is 2.11. The molecule has 0 atom stereocenters. The van der Waals surface area contributed by atoms with Crippen LogP contribution >= 0.6 is 0 Å². The van der Waals surface area contributed by atoms with Crippen molar-refractivity contribution in [2.75, 3.05) is 7.05 Å². The molecule has 0 aliphatic carbocycles. The van der Waals surface area contributed by atoms with Gasteiger partial charge in [-0.05, 0) is 24.6 Å². The molecular weight excluding hydrogens is 254 g/mol. The van der Waals surface area contributed by atoms with E-state index in [0.717, 1.165) is 16.5 Å². The summed E-state index contributed by atoms with van der Waals surface area (Å²) in [5.41, 5.74) is 2.04. The number of para-hydroxylation sites is 1. The molecule has 0 aliphatic rings. The first-order chi connectivity index (χ1) is 9.70. The van der Waals surface area contributed by atoms with Gasteiger partial charge in [0, 0.05) is 12.4 Å². The van der Waals surface area contributed by atoms with Gasteiger partial charge in [0.25, 0.3) is 5.91 Å². The number of carbonyl (C=O) groups is 1. The number of hydrogen-bond donors (Lipinski definition) is 1. The fourth-order valence-electron chi connectivity index (χ4n) is 2.07. The number of hydrogen-bond acceptors (Lipinski definition) is 4. The zero-order valence-electron chi connectivity index (χ0n) is 11.2. The maximum absolute atomic E-state index is 11.6. The Bertz CT molecular complexity index is 793. The van der Waals surface area contributed by atoms with Crippen LogP contribution in [0.4, 0.5) is 0 Å². The van der Waals surface area contributed by atoms with E-state index in [4.69, 9.17) is 0 Å². The van der Waals surface area contributed by atoms with Gasteiger partial charge in [-0.3, -0.25) is 4.79 Å².